The van der Waals surface area contributed by atoms with E-state index in [1.165, 1.54) is 18.3 Å². The molecule has 0 amide bonds. The zero-order valence-corrected chi connectivity index (χ0v) is 6.34. The van der Waals surface area contributed by atoms with Gasteiger partial charge < -0.3 is 9.90 Å². The molecule has 3 nitrogen and oxygen atoms in total. The third kappa shape index (κ3) is 1.68. The molecule has 0 spiro atoms. The second-order valence-electron chi connectivity index (χ2n) is 1.92. The first kappa shape index (κ1) is 8.01. The largest absolute Gasteiger partial charge is 0.545 e. The Hall–Kier alpha value is -1.09. The van der Waals surface area contributed by atoms with Crippen molar-refractivity contribution in [3.8, 4) is 0 Å². The number of alkyl halides is 1. The molecule has 0 atom stereocenters. The highest BCUT2D eigenvalue weighted by atomic mass is 35.5. The summed E-state index contributed by atoms with van der Waals surface area (Å²) >= 11 is 5.42. The summed E-state index contributed by atoms with van der Waals surface area (Å²) < 4.78 is 0. The number of rotatable bonds is 2. The van der Waals surface area contributed by atoms with Crippen LogP contribution in [0, 0.1) is 0 Å². The number of aromatic carboxylic acids is 1. The Morgan fingerprint density at radius 3 is 2.91 bits per heavy atom. The van der Waals surface area contributed by atoms with Crippen LogP contribution in [0.1, 0.15) is 16.1 Å². The monoisotopic (exact) mass is 170 g/mol. The van der Waals surface area contributed by atoms with Crippen LogP contribution in [0.25, 0.3) is 0 Å². The van der Waals surface area contributed by atoms with Gasteiger partial charge in [-0.25, -0.2) is 0 Å². The minimum Gasteiger partial charge on any atom is -0.545 e. The van der Waals surface area contributed by atoms with Crippen LogP contribution in [0.5, 0.6) is 0 Å². The van der Waals surface area contributed by atoms with Crippen LogP contribution in [0.15, 0.2) is 18.3 Å². The average molecular weight is 171 g/mol. The summed E-state index contributed by atoms with van der Waals surface area (Å²) in [5.74, 6) is -1.15. The number of hydrogen-bond donors (Lipinski definition) is 0. The van der Waals surface area contributed by atoms with Crippen molar-refractivity contribution in [3.63, 3.8) is 0 Å². The van der Waals surface area contributed by atoms with E-state index < -0.39 is 5.97 Å². The Labute approximate surface area is 68.6 Å². The number of hydrogen-bond acceptors (Lipinski definition) is 3. The molecule has 0 aliphatic rings. The maximum Gasteiger partial charge on any atom is 0.0734 e. The molecule has 0 radical (unpaired) electrons. The molecule has 1 heterocycles. The number of carbonyl (C=O) groups excluding carboxylic acids is 1. The Morgan fingerprint density at radius 1 is 1.73 bits per heavy atom. The lowest BCUT2D eigenvalue weighted by atomic mass is 10.2. The van der Waals surface area contributed by atoms with E-state index >= 15 is 0 Å². The molecule has 0 aromatic carbocycles. The number of carboxylic acid groups (broad SMARTS) is 1. The Balaban J connectivity index is 3.12. The maximum absolute atomic E-state index is 10.4. The minimum absolute atomic E-state index is 0.0579. The molecule has 4 heteroatoms. The standard InChI is InChI=1S/C7H6ClNO2/c8-4-6-5(7(10)11)2-1-3-9-6/h1-3H,4H2,(H,10,11)/p-1. The Kier molecular flexibility index (Phi) is 2.44. The molecule has 0 N–H and O–H groups in total. The van der Waals surface area contributed by atoms with Crippen LogP contribution in [0.2, 0.25) is 0 Å². The topological polar surface area (TPSA) is 53.0 Å². The smallest absolute Gasteiger partial charge is 0.0734 e. The lowest BCUT2D eigenvalue weighted by Crippen LogP contribution is -2.23. The van der Waals surface area contributed by atoms with Crippen LogP contribution >= 0.6 is 11.6 Å². The quantitative estimate of drug-likeness (QED) is 0.596. The predicted molar refractivity (Wildman–Crippen MR) is 38.1 cm³/mol. The molecule has 0 fully saturated rings. The fourth-order valence-corrected chi connectivity index (χ4v) is 0.943. The molecule has 11 heavy (non-hydrogen) atoms. The van der Waals surface area contributed by atoms with Crippen molar-refractivity contribution in [1.82, 2.24) is 4.98 Å². The van der Waals surface area contributed by atoms with Gasteiger partial charge in [0.05, 0.1) is 17.5 Å². The van der Waals surface area contributed by atoms with Gasteiger partial charge in [-0.15, -0.1) is 11.6 Å². The van der Waals surface area contributed by atoms with Crippen molar-refractivity contribution in [1.29, 1.82) is 0 Å². The molecule has 1 rings (SSSR count). The molecule has 0 bridgehead atoms. The van der Waals surface area contributed by atoms with Gasteiger partial charge in [0, 0.05) is 11.8 Å². The van der Waals surface area contributed by atoms with E-state index in [2.05, 4.69) is 4.98 Å². The fourth-order valence-electron chi connectivity index (χ4n) is 0.730. The first-order valence-corrected chi connectivity index (χ1v) is 3.50. The van der Waals surface area contributed by atoms with Gasteiger partial charge in [-0.2, -0.15) is 0 Å². The highest BCUT2D eigenvalue weighted by Crippen LogP contribution is 2.06. The summed E-state index contributed by atoms with van der Waals surface area (Å²) in [7, 11) is 0. The third-order valence-electron chi connectivity index (χ3n) is 1.24. The zero-order chi connectivity index (χ0) is 8.27. The molecule has 0 aliphatic heterocycles. The highest BCUT2D eigenvalue weighted by molar-refractivity contribution is 6.17. The number of pyridine rings is 1. The average Bonchev–Trinajstić information content (AvgIpc) is 2.04. The molecule has 1 aromatic heterocycles. The molecule has 0 unspecified atom stereocenters. The van der Waals surface area contributed by atoms with Crippen LogP contribution in [-0.4, -0.2) is 11.0 Å². The zero-order valence-electron chi connectivity index (χ0n) is 5.58. The summed E-state index contributed by atoms with van der Waals surface area (Å²) in [5, 5.41) is 10.4. The normalized spacial score (nSPS) is 9.55. The predicted octanol–water partition coefficient (Wildman–Crippen LogP) is 0.184. The fraction of sp³-hybridized carbons (Fsp3) is 0.143. The first-order valence-electron chi connectivity index (χ1n) is 2.97. The second kappa shape index (κ2) is 3.34. The van der Waals surface area contributed by atoms with Crippen LogP contribution < -0.4 is 5.11 Å². The van der Waals surface area contributed by atoms with Gasteiger partial charge in [0.25, 0.3) is 0 Å². The van der Waals surface area contributed by atoms with Crippen molar-refractivity contribution < 1.29 is 9.90 Å². The Bertz CT molecular complexity index is 275. The van der Waals surface area contributed by atoms with E-state index in [4.69, 9.17) is 11.6 Å². The number of carboxylic acids is 1. The third-order valence-corrected chi connectivity index (χ3v) is 1.49. The summed E-state index contributed by atoms with van der Waals surface area (Å²) in [6.45, 7) is 0. The Morgan fingerprint density at radius 2 is 2.45 bits per heavy atom. The lowest BCUT2D eigenvalue weighted by molar-refractivity contribution is -0.255. The number of carbonyl (C=O) groups is 1. The van der Waals surface area contributed by atoms with E-state index in [-0.39, 0.29) is 11.4 Å². The van der Waals surface area contributed by atoms with E-state index in [1.807, 2.05) is 0 Å². The van der Waals surface area contributed by atoms with Gasteiger partial charge in [-0.1, -0.05) is 0 Å². The maximum atomic E-state index is 10.4. The van der Waals surface area contributed by atoms with Gasteiger partial charge in [-0.05, 0) is 12.1 Å². The first-order chi connectivity index (χ1) is 5.25. The van der Waals surface area contributed by atoms with Crippen LogP contribution in [-0.2, 0) is 5.88 Å². The SMILES string of the molecule is O=C([O-])c1cccnc1CCl. The molecule has 58 valence electrons. The molecular formula is C7H5ClNO2-. The van der Waals surface area contributed by atoms with Crippen molar-refractivity contribution in [2.75, 3.05) is 0 Å². The highest BCUT2D eigenvalue weighted by Gasteiger charge is 2.00. The second-order valence-corrected chi connectivity index (χ2v) is 2.19. The molecule has 0 saturated carbocycles. The van der Waals surface area contributed by atoms with Gasteiger partial charge in [-0.3, -0.25) is 4.98 Å². The van der Waals surface area contributed by atoms with Crippen LogP contribution in [0.3, 0.4) is 0 Å². The van der Waals surface area contributed by atoms with E-state index in [0.29, 0.717) is 5.69 Å². The molecule has 1 aromatic rings. The number of aromatic nitrogens is 1. The lowest BCUT2D eigenvalue weighted by Gasteiger charge is -2.04. The minimum atomic E-state index is -1.24. The van der Waals surface area contributed by atoms with E-state index in [9.17, 15) is 9.90 Å². The molecule has 0 saturated heterocycles. The van der Waals surface area contributed by atoms with Crippen molar-refractivity contribution in [2.45, 2.75) is 5.88 Å². The summed E-state index contributed by atoms with van der Waals surface area (Å²) in [5.41, 5.74) is 0.400. The summed E-state index contributed by atoms with van der Waals surface area (Å²) in [6.07, 6.45) is 1.49. The van der Waals surface area contributed by atoms with Gasteiger partial charge in [0.1, 0.15) is 0 Å². The summed E-state index contributed by atoms with van der Waals surface area (Å²) in [6, 6.07) is 2.95. The van der Waals surface area contributed by atoms with Crippen molar-refractivity contribution >= 4 is 17.6 Å². The van der Waals surface area contributed by atoms with Gasteiger partial charge in [0.15, 0.2) is 0 Å². The molecule has 0 aliphatic carbocycles. The van der Waals surface area contributed by atoms with E-state index in [1.54, 1.807) is 0 Å². The van der Waals surface area contributed by atoms with Crippen molar-refractivity contribution in [2.24, 2.45) is 0 Å². The number of halogens is 1. The van der Waals surface area contributed by atoms with E-state index in [0.717, 1.165) is 0 Å². The van der Waals surface area contributed by atoms with Crippen LogP contribution in [0.4, 0.5) is 0 Å². The summed E-state index contributed by atoms with van der Waals surface area (Å²) in [4.78, 5) is 14.1. The molecular weight excluding hydrogens is 166 g/mol. The van der Waals surface area contributed by atoms with Crippen molar-refractivity contribution in [3.05, 3.63) is 29.6 Å². The van der Waals surface area contributed by atoms with Gasteiger partial charge in [0.2, 0.25) is 0 Å². The van der Waals surface area contributed by atoms with Gasteiger partial charge >= 0.3 is 0 Å². The number of nitrogens with zero attached hydrogens (tertiary/aromatic N) is 1.